The zero-order valence-electron chi connectivity index (χ0n) is 12.9. The molecule has 0 spiro atoms. The number of nitrogens with zero attached hydrogens (tertiary/aromatic N) is 1. The van der Waals surface area contributed by atoms with Gasteiger partial charge in [-0.3, -0.25) is 0 Å². The molecule has 1 aliphatic rings. The summed E-state index contributed by atoms with van der Waals surface area (Å²) in [5, 5.41) is 11.6. The van der Waals surface area contributed by atoms with Crippen molar-refractivity contribution in [2.45, 2.75) is 68.2 Å². The number of aromatic nitrogens is 1. The zero-order chi connectivity index (χ0) is 14.9. The van der Waals surface area contributed by atoms with Gasteiger partial charge < -0.3 is 5.11 Å². The van der Waals surface area contributed by atoms with Crippen molar-refractivity contribution in [2.75, 3.05) is 0 Å². The van der Waals surface area contributed by atoms with Crippen molar-refractivity contribution in [3.63, 3.8) is 0 Å². The molecule has 0 bridgehead atoms. The quantitative estimate of drug-likeness (QED) is 0.424. The summed E-state index contributed by atoms with van der Waals surface area (Å²) in [5.74, 6) is 0.374. The highest BCUT2D eigenvalue weighted by atomic mass is 32.2. The van der Waals surface area contributed by atoms with E-state index in [0.29, 0.717) is 11.2 Å². The molecule has 116 valence electrons. The second kappa shape index (κ2) is 9.26. The molecule has 1 aromatic heterocycles. The topological polar surface area (TPSA) is 33.1 Å². The summed E-state index contributed by atoms with van der Waals surface area (Å²) in [6.07, 6.45) is 14.5. The minimum Gasteiger partial charge on any atom is -0.393 e. The monoisotopic (exact) mass is 305 g/mol. The van der Waals surface area contributed by atoms with E-state index in [4.69, 9.17) is 0 Å². The standard InChI is InChI=1S/C18H27NOS/c1-2-3-4-5-6-12-17(15-10-9-11-16(15)20)21-18-13-7-8-14-19-18/h6-8,12-17,20H,2-5,9-11H2,1H3/b12-6+/t15-,16-,17?/m1/s1. The highest BCUT2D eigenvalue weighted by Gasteiger charge is 2.31. The molecule has 1 aromatic rings. The lowest BCUT2D eigenvalue weighted by atomic mass is 10.0. The number of unbranched alkanes of at least 4 members (excludes halogenated alkanes) is 3. The van der Waals surface area contributed by atoms with E-state index in [1.807, 2.05) is 18.3 Å². The van der Waals surface area contributed by atoms with E-state index >= 15 is 0 Å². The maximum absolute atomic E-state index is 10.2. The number of pyridine rings is 1. The number of hydrogen-bond donors (Lipinski definition) is 1. The van der Waals surface area contributed by atoms with Crippen LogP contribution in [0.3, 0.4) is 0 Å². The van der Waals surface area contributed by atoms with Gasteiger partial charge in [0, 0.05) is 17.4 Å². The largest absolute Gasteiger partial charge is 0.393 e. The first-order valence-electron chi connectivity index (χ1n) is 8.23. The fourth-order valence-electron chi connectivity index (χ4n) is 2.92. The van der Waals surface area contributed by atoms with E-state index in [1.54, 1.807) is 11.8 Å². The Bertz CT molecular complexity index is 420. The smallest absolute Gasteiger partial charge is 0.0965 e. The third-order valence-electron chi connectivity index (χ3n) is 4.15. The van der Waals surface area contributed by atoms with Gasteiger partial charge in [-0.05, 0) is 37.8 Å². The van der Waals surface area contributed by atoms with Crippen LogP contribution in [-0.2, 0) is 0 Å². The average Bonchev–Trinajstić information content (AvgIpc) is 2.93. The molecule has 2 nitrogen and oxygen atoms in total. The summed E-state index contributed by atoms with van der Waals surface area (Å²) in [4.78, 5) is 4.42. The molecule has 0 radical (unpaired) electrons. The first-order valence-corrected chi connectivity index (χ1v) is 9.11. The first-order chi connectivity index (χ1) is 10.3. The maximum Gasteiger partial charge on any atom is 0.0965 e. The van der Waals surface area contributed by atoms with Gasteiger partial charge >= 0.3 is 0 Å². The van der Waals surface area contributed by atoms with E-state index in [2.05, 4.69) is 30.1 Å². The minimum absolute atomic E-state index is 0.147. The molecule has 1 aliphatic carbocycles. The zero-order valence-corrected chi connectivity index (χ0v) is 13.8. The summed E-state index contributed by atoms with van der Waals surface area (Å²) in [6, 6.07) is 6.04. The second-order valence-corrected chi connectivity index (χ2v) is 7.03. The van der Waals surface area contributed by atoms with Gasteiger partial charge in [0.05, 0.1) is 11.1 Å². The SMILES string of the molecule is CCCCC/C=C/C(Sc1ccccn1)[C@@H]1CCC[C@H]1O. The van der Waals surface area contributed by atoms with Crippen LogP contribution >= 0.6 is 11.8 Å². The van der Waals surface area contributed by atoms with Gasteiger partial charge in [0.15, 0.2) is 0 Å². The van der Waals surface area contributed by atoms with Crippen molar-refractivity contribution in [1.29, 1.82) is 0 Å². The molecular formula is C18H27NOS. The van der Waals surface area contributed by atoms with Crippen LogP contribution in [0.1, 0.15) is 51.9 Å². The maximum atomic E-state index is 10.2. The Morgan fingerprint density at radius 2 is 2.29 bits per heavy atom. The lowest BCUT2D eigenvalue weighted by molar-refractivity contribution is 0.136. The number of hydrogen-bond acceptors (Lipinski definition) is 3. The van der Waals surface area contributed by atoms with Crippen LogP contribution in [0.2, 0.25) is 0 Å². The Labute approximate surface area is 133 Å². The number of thioether (sulfide) groups is 1. The predicted molar refractivity (Wildman–Crippen MR) is 90.5 cm³/mol. The van der Waals surface area contributed by atoms with Gasteiger partial charge in [-0.2, -0.15) is 0 Å². The molecule has 0 aliphatic heterocycles. The van der Waals surface area contributed by atoms with Gasteiger partial charge in [-0.15, -0.1) is 0 Å². The Morgan fingerprint density at radius 3 is 2.95 bits per heavy atom. The van der Waals surface area contributed by atoms with Gasteiger partial charge in [0.2, 0.25) is 0 Å². The van der Waals surface area contributed by atoms with E-state index in [9.17, 15) is 5.11 Å². The van der Waals surface area contributed by atoms with Crippen molar-refractivity contribution in [3.8, 4) is 0 Å². The van der Waals surface area contributed by atoms with Crippen molar-refractivity contribution in [2.24, 2.45) is 5.92 Å². The lowest BCUT2D eigenvalue weighted by Gasteiger charge is -2.22. The number of allylic oxidation sites excluding steroid dienone is 1. The molecule has 1 fully saturated rings. The van der Waals surface area contributed by atoms with Crippen LogP contribution in [-0.4, -0.2) is 21.4 Å². The van der Waals surface area contributed by atoms with E-state index in [0.717, 1.165) is 30.7 Å². The number of rotatable bonds is 8. The van der Waals surface area contributed by atoms with Crippen molar-refractivity contribution < 1.29 is 5.11 Å². The van der Waals surface area contributed by atoms with E-state index in [1.165, 1.54) is 19.3 Å². The summed E-state index contributed by atoms with van der Waals surface area (Å²) < 4.78 is 0. The predicted octanol–water partition coefficient (Wildman–Crippen LogP) is 4.84. The molecule has 2 rings (SSSR count). The Hall–Kier alpha value is -0.800. The molecule has 3 heteroatoms. The highest BCUT2D eigenvalue weighted by molar-refractivity contribution is 8.00. The molecule has 3 atom stereocenters. The molecule has 1 N–H and O–H groups in total. The van der Waals surface area contributed by atoms with Crippen molar-refractivity contribution in [1.82, 2.24) is 4.98 Å². The molecule has 0 amide bonds. The highest BCUT2D eigenvalue weighted by Crippen LogP contribution is 2.37. The number of aliphatic hydroxyl groups excluding tert-OH is 1. The molecule has 21 heavy (non-hydrogen) atoms. The lowest BCUT2D eigenvalue weighted by Crippen LogP contribution is -2.23. The van der Waals surface area contributed by atoms with Crippen LogP contribution in [0.4, 0.5) is 0 Å². The third kappa shape index (κ3) is 5.48. The fourth-order valence-corrected chi connectivity index (χ4v) is 4.16. The van der Waals surface area contributed by atoms with E-state index in [-0.39, 0.29) is 6.10 Å². The van der Waals surface area contributed by atoms with Gasteiger partial charge in [-0.1, -0.05) is 56.2 Å². The number of aliphatic hydroxyl groups is 1. The summed E-state index contributed by atoms with van der Waals surface area (Å²) in [5.41, 5.74) is 0. The molecule has 0 saturated heterocycles. The molecular weight excluding hydrogens is 278 g/mol. The van der Waals surface area contributed by atoms with Crippen LogP contribution in [0.5, 0.6) is 0 Å². The van der Waals surface area contributed by atoms with Gasteiger partial charge in [-0.25, -0.2) is 4.98 Å². The van der Waals surface area contributed by atoms with Gasteiger partial charge in [0.1, 0.15) is 0 Å². The van der Waals surface area contributed by atoms with Crippen molar-refractivity contribution in [3.05, 3.63) is 36.5 Å². The summed E-state index contributed by atoms with van der Waals surface area (Å²) >= 11 is 1.80. The van der Waals surface area contributed by atoms with Crippen LogP contribution < -0.4 is 0 Å². The Morgan fingerprint density at radius 1 is 1.38 bits per heavy atom. The minimum atomic E-state index is -0.147. The van der Waals surface area contributed by atoms with Crippen LogP contribution in [0.15, 0.2) is 41.6 Å². The van der Waals surface area contributed by atoms with E-state index < -0.39 is 0 Å². The Balaban J connectivity index is 1.96. The van der Waals surface area contributed by atoms with Gasteiger partial charge in [0.25, 0.3) is 0 Å². The average molecular weight is 305 g/mol. The molecule has 1 unspecified atom stereocenters. The summed E-state index contributed by atoms with van der Waals surface area (Å²) in [6.45, 7) is 2.23. The van der Waals surface area contributed by atoms with Crippen molar-refractivity contribution >= 4 is 11.8 Å². The molecule has 1 heterocycles. The normalized spacial score (nSPS) is 23.7. The third-order valence-corrected chi connectivity index (χ3v) is 5.41. The fraction of sp³-hybridized carbons (Fsp3) is 0.611. The van der Waals surface area contributed by atoms with Crippen LogP contribution in [0, 0.1) is 5.92 Å². The van der Waals surface area contributed by atoms with Crippen LogP contribution in [0.25, 0.3) is 0 Å². The second-order valence-electron chi connectivity index (χ2n) is 5.84. The Kier molecular flexibility index (Phi) is 7.31. The molecule has 1 saturated carbocycles. The first kappa shape index (κ1) is 16.6. The summed E-state index contributed by atoms with van der Waals surface area (Å²) in [7, 11) is 0. The molecule has 0 aromatic carbocycles.